The van der Waals surface area contributed by atoms with Crippen LogP contribution in [0.4, 0.5) is 13.2 Å². The summed E-state index contributed by atoms with van der Waals surface area (Å²) in [4.78, 5) is 25.4. The van der Waals surface area contributed by atoms with Crippen molar-refractivity contribution in [3.05, 3.63) is 98.9 Å². The largest absolute Gasteiger partial charge is 0.453 e. The van der Waals surface area contributed by atoms with Crippen LogP contribution in [-0.2, 0) is 6.18 Å². The van der Waals surface area contributed by atoms with Gasteiger partial charge in [0.25, 0.3) is 5.76 Å². The molecule has 8 heteroatoms. The van der Waals surface area contributed by atoms with Gasteiger partial charge in [-0.05, 0) is 73.9 Å². The molecule has 0 bridgehead atoms. The van der Waals surface area contributed by atoms with Gasteiger partial charge in [-0.1, -0.05) is 18.2 Å². The Kier molecular flexibility index (Phi) is 5.91. The molecule has 4 aromatic rings. The number of aryl methyl sites for hydroxylation is 3. The summed E-state index contributed by atoms with van der Waals surface area (Å²) < 4.78 is 56.9. The number of hydrogen-bond acceptors (Lipinski definition) is 5. The molecule has 0 unspecified atom stereocenters. The van der Waals surface area contributed by atoms with E-state index in [4.69, 9.17) is 13.9 Å². The van der Waals surface area contributed by atoms with Crippen molar-refractivity contribution in [2.75, 3.05) is 0 Å². The van der Waals surface area contributed by atoms with Crippen LogP contribution < -0.4 is 14.9 Å². The third-order valence-electron chi connectivity index (χ3n) is 5.24. The van der Waals surface area contributed by atoms with Crippen LogP contribution in [0.2, 0.25) is 0 Å². The van der Waals surface area contributed by atoms with E-state index in [1.165, 1.54) is 24.3 Å². The second-order valence-electron chi connectivity index (χ2n) is 7.85. The normalized spacial score (nSPS) is 11.5. The summed E-state index contributed by atoms with van der Waals surface area (Å²) >= 11 is 0. The van der Waals surface area contributed by atoms with Crippen LogP contribution in [0.1, 0.15) is 32.8 Å². The molecular weight excluding hydrogens is 449 g/mol. The Morgan fingerprint density at radius 3 is 2.32 bits per heavy atom. The van der Waals surface area contributed by atoms with Crippen LogP contribution >= 0.6 is 0 Å². The van der Waals surface area contributed by atoms with Crippen molar-refractivity contribution in [2.24, 2.45) is 0 Å². The number of fused-ring (bicyclic) bond motifs is 1. The molecule has 0 saturated carbocycles. The molecular formula is C26H19F3O5. The van der Waals surface area contributed by atoms with Crippen LogP contribution in [0, 0.1) is 20.8 Å². The molecule has 0 N–H and O–H groups in total. The lowest BCUT2D eigenvalue weighted by molar-refractivity contribution is -0.154. The molecule has 5 nitrogen and oxygen atoms in total. The molecule has 0 atom stereocenters. The highest BCUT2D eigenvalue weighted by molar-refractivity contribution is 5.92. The van der Waals surface area contributed by atoms with E-state index >= 15 is 0 Å². The van der Waals surface area contributed by atoms with Crippen LogP contribution in [-0.4, -0.2) is 5.97 Å². The zero-order valence-corrected chi connectivity index (χ0v) is 18.4. The first-order valence-electron chi connectivity index (χ1n) is 10.2. The molecule has 0 spiro atoms. The standard InChI is InChI=1S/C26H19F3O5/c1-14-5-4-6-18(11-14)32-23-22(30)20-10-9-19(13-21(20)34-24(23)26(27,28)29)33-25(31)17-8-7-15(2)16(3)12-17/h4-13H,1-3H3. The predicted octanol–water partition coefficient (Wildman–Crippen LogP) is 6.75. The van der Waals surface area contributed by atoms with Gasteiger partial charge in [0.15, 0.2) is 0 Å². The van der Waals surface area contributed by atoms with Crippen molar-refractivity contribution in [2.45, 2.75) is 26.9 Å². The number of ether oxygens (including phenoxy) is 2. The highest BCUT2D eigenvalue weighted by Crippen LogP contribution is 2.38. The summed E-state index contributed by atoms with van der Waals surface area (Å²) in [6.45, 7) is 5.47. The van der Waals surface area contributed by atoms with Gasteiger partial charge < -0.3 is 13.9 Å². The fraction of sp³-hybridized carbons (Fsp3) is 0.154. The molecule has 1 aromatic heterocycles. The van der Waals surface area contributed by atoms with Gasteiger partial charge in [-0.2, -0.15) is 13.2 Å². The smallest absolute Gasteiger partial charge is 0.449 e. The average Bonchev–Trinajstić information content (AvgIpc) is 2.76. The molecule has 0 amide bonds. The fourth-order valence-electron chi connectivity index (χ4n) is 3.33. The van der Waals surface area contributed by atoms with E-state index in [0.717, 1.165) is 22.8 Å². The average molecular weight is 468 g/mol. The Balaban J connectivity index is 1.75. The van der Waals surface area contributed by atoms with Gasteiger partial charge in [-0.3, -0.25) is 4.79 Å². The maximum absolute atomic E-state index is 13.7. The minimum Gasteiger partial charge on any atom is -0.449 e. The van der Waals surface area contributed by atoms with E-state index in [9.17, 15) is 22.8 Å². The molecule has 174 valence electrons. The Labute approximate surface area is 192 Å². The van der Waals surface area contributed by atoms with E-state index in [1.807, 2.05) is 13.8 Å². The minimum absolute atomic E-state index is 0.0658. The van der Waals surface area contributed by atoms with Gasteiger partial charge in [0, 0.05) is 6.07 Å². The second-order valence-corrected chi connectivity index (χ2v) is 7.85. The zero-order valence-electron chi connectivity index (χ0n) is 18.4. The van der Waals surface area contributed by atoms with Gasteiger partial charge in [-0.25, -0.2) is 4.79 Å². The lowest BCUT2D eigenvalue weighted by Crippen LogP contribution is -2.15. The van der Waals surface area contributed by atoms with Crippen molar-refractivity contribution >= 4 is 16.9 Å². The van der Waals surface area contributed by atoms with Crippen molar-refractivity contribution in [3.63, 3.8) is 0 Å². The number of rotatable bonds is 4. The molecule has 34 heavy (non-hydrogen) atoms. The first-order chi connectivity index (χ1) is 16.0. The quantitative estimate of drug-likeness (QED) is 0.245. The van der Waals surface area contributed by atoms with Crippen molar-refractivity contribution in [1.29, 1.82) is 0 Å². The van der Waals surface area contributed by atoms with Gasteiger partial charge in [0.1, 0.15) is 17.1 Å². The third kappa shape index (κ3) is 4.66. The number of hydrogen-bond donors (Lipinski definition) is 0. The molecule has 0 aliphatic rings. The van der Waals surface area contributed by atoms with Crippen LogP contribution in [0.15, 0.2) is 69.9 Å². The fourth-order valence-corrected chi connectivity index (χ4v) is 3.33. The molecule has 4 rings (SSSR count). The lowest BCUT2D eigenvalue weighted by atomic mass is 10.1. The third-order valence-corrected chi connectivity index (χ3v) is 5.24. The van der Waals surface area contributed by atoms with Gasteiger partial charge in [0.05, 0.1) is 10.9 Å². The maximum Gasteiger partial charge on any atom is 0.453 e. The van der Waals surface area contributed by atoms with E-state index in [2.05, 4.69) is 0 Å². The molecule has 1 heterocycles. The number of carbonyl (C=O) groups is 1. The van der Waals surface area contributed by atoms with Gasteiger partial charge in [0.2, 0.25) is 11.2 Å². The Hall–Kier alpha value is -4.07. The summed E-state index contributed by atoms with van der Waals surface area (Å²) in [6.07, 6.45) is -5.00. The SMILES string of the molecule is Cc1cccc(Oc2c(C(F)(F)F)oc3cc(OC(=O)c4ccc(C)c(C)c4)ccc3c2=O)c1. The van der Waals surface area contributed by atoms with Gasteiger partial charge >= 0.3 is 12.1 Å². The van der Waals surface area contributed by atoms with Crippen LogP contribution in [0.5, 0.6) is 17.2 Å². The molecule has 3 aromatic carbocycles. The monoisotopic (exact) mass is 468 g/mol. The van der Waals surface area contributed by atoms with Crippen molar-refractivity contribution in [3.8, 4) is 17.2 Å². The second kappa shape index (κ2) is 8.70. The predicted molar refractivity (Wildman–Crippen MR) is 120 cm³/mol. The highest BCUT2D eigenvalue weighted by Gasteiger charge is 2.40. The molecule has 0 aliphatic carbocycles. The van der Waals surface area contributed by atoms with E-state index in [-0.39, 0.29) is 28.0 Å². The topological polar surface area (TPSA) is 65.7 Å². The molecule has 0 saturated heterocycles. The summed E-state index contributed by atoms with van der Waals surface area (Å²) in [6, 6.07) is 14.9. The Bertz CT molecular complexity index is 1470. The number of alkyl halides is 3. The summed E-state index contributed by atoms with van der Waals surface area (Å²) in [5.74, 6) is -3.25. The minimum atomic E-state index is -5.00. The first kappa shape index (κ1) is 23.1. The Morgan fingerprint density at radius 1 is 0.882 bits per heavy atom. The molecule has 0 radical (unpaired) electrons. The van der Waals surface area contributed by atoms with Crippen LogP contribution in [0.3, 0.4) is 0 Å². The van der Waals surface area contributed by atoms with Crippen molar-refractivity contribution in [1.82, 2.24) is 0 Å². The lowest BCUT2D eigenvalue weighted by Gasteiger charge is -2.14. The summed E-state index contributed by atoms with van der Waals surface area (Å²) in [5.41, 5.74) is 1.51. The van der Waals surface area contributed by atoms with E-state index in [1.54, 1.807) is 37.3 Å². The Morgan fingerprint density at radius 2 is 1.65 bits per heavy atom. The first-order valence-corrected chi connectivity index (χ1v) is 10.2. The van der Waals surface area contributed by atoms with E-state index in [0.29, 0.717) is 0 Å². The number of esters is 1. The molecule has 0 aliphatic heterocycles. The van der Waals surface area contributed by atoms with Crippen molar-refractivity contribution < 1.29 is 31.9 Å². The molecule has 0 fully saturated rings. The maximum atomic E-state index is 13.7. The zero-order chi connectivity index (χ0) is 24.6. The van der Waals surface area contributed by atoms with E-state index < -0.39 is 29.1 Å². The highest BCUT2D eigenvalue weighted by atomic mass is 19.4. The van der Waals surface area contributed by atoms with Crippen LogP contribution in [0.25, 0.3) is 11.0 Å². The summed E-state index contributed by atoms with van der Waals surface area (Å²) in [7, 11) is 0. The van der Waals surface area contributed by atoms with Gasteiger partial charge in [-0.15, -0.1) is 0 Å². The number of carbonyl (C=O) groups excluding carboxylic acids is 1. The number of benzene rings is 3. The number of halogens is 3. The summed E-state index contributed by atoms with van der Waals surface area (Å²) in [5, 5.41) is -0.151.